The molecule has 0 radical (unpaired) electrons. The molecule has 0 fully saturated rings. The van der Waals surface area contributed by atoms with Crippen LogP contribution >= 0.6 is 22.7 Å². The third kappa shape index (κ3) is 3.31. The van der Waals surface area contributed by atoms with Crippen molar-refractivity contribution < 1.29 is 4.79 Å². The van der Waals surface area contributed by atoms with Gasteiger partial charge < -0.3 is 5.32 Å². The number of carbonyl (C=O) groups is 1. The van der Waals surface area contributed by atoms with E-state index in [2.05, 4.69) is 10.3 Å². The van der Waals surface area contributed by atoms with Gasteiger partial charge in [0.1, 0.15) is 11.4 Å². The highest BCUT2D eigenvalue weighted by atomic mass is 32.1. The standard InChI is InChI=1S/C20H17N3O2S2/c1-12-5-3-6-15(13(12)2)22-17(24)9-23-11-21-19-18(20(23)25)14(10-27-19)16-7-4-8-26-16/h3-8,10-11H,9H2,1-2H3,(H,22,24). The zero-order valence-corrected chi connectivity index (χ0v) is 16.5. The van der Waals surface area contributed by atoms with E-state index < -0.39 is 0 Å². The lowest BCUT2D eigenvalue weighted by Crippen LogP contribution is -2.28. The molecule has 1 aromatic carbocycles. The SMILES string of the molecule is Cc1cccc(NC(=O)Cn2cnc3scc(-c4cccs4)c3c2=O)c1C. The van der Waals surface area contributed by atoms with E-state index in [0.29, 0.717) is 10.2 Å². The van der Waals surface area contributed by atoms with Crippen LogP contribution in [0.25, 0.3) is 20.7 Å². The Morgan fingerprint density at radius 1 is 1.19 bits per heavy atom. The van der Waals surface area contributed by atoms with Crippen LogP contribution in [-0.4, -0.2) is 15.5 Å². The summed E-state index contributed by atoms with van der Waals surface area (Å²) in [5.74, 6) is -0.250. The highest BCUT2D eigenvalue weighted by Gasteiger charge is 2.15. The maximum absolute atomic E-state index is 13.0. The number of carbonyl (C=O) groups excluding carboxylic acids is 1. The molecule has 1 amide bonds. The molecule has 4 aromatic rings. The molecule has 136 valence electrons. The molecule has 0 bridgehead atoms. The van der Waals surface area contributed by atoms with E-state index >= 15 is 0 Å². The Kier molecular flexibility index (Phi) is 4.63. The van der Waals surface area contributed by atoms with Gasteiger partial charge in [0.2, 0.25) is 5.91 Å². The van der Waals surface area contributed by atoms with Crippen molar-refractivity contribution in [3.05, 3.63) is 68.9 Å². The molecule has 0 aliphatic rings. The van der Waals surface area contributed by atoms with Crippen LogP contribution in [0.15, 0.2) is 52.2 Å². The summed E-state index contributed by atoms with van der Waals surface area (Å²) in [5, 5.41) is 7.39. The molecule has 0 saturated heterocycles. The van der Waals surface area contributed by atoms with Gasteiger partial charge in [-0.25, -0.2) is 4.98 Å². The Hall–Kier alpha value is -2.77. The van der Waals surface area contributed by atoms with Crippen LogP contribution in [-0.2, 0) is 11.3 Å². The van der Waals surface area contributed by atoms with Crippen LogP contribution in [0.4, 0.5) is 5.69 Å². The monoisotopic (exact) mass is 395 g/mol. The minimum atomic E-state index is -0.250. The van der Waals surface area contributed by atoms with Crippen LogP contribution in [0.2, 0.25) is 0 Å². The Labute approximate surface area is 163 Å². The first-order chi connectivity index (χ1) is 13.0. The van der Waals surface area contributed by atoms with Crippen LogP contribution in [0.5, 0.6) is 0 Å². The third-order valence-electron chi connectivity index (χ3n) is 4.54. The molecule has 5 nitrogen and oxygen atoms in total. The number of amides is 1. The van der Waals surface area contributed by atoms with Gasteiger partial charge in [0, 0.05) is 21.5 Å². The van der Waals surface area contributed by atoms with Crippen molar-refractivity contribution in [3.63, 3.8) is 0 Å². The number of nitrogens with zero attached hydrogens (tertiary/aromatic N) is 2. The lowest BCUT2D eigenvalue weighted by atomic mass is 10.1. The number of hydrogen-bond acceptors (Lipinski definition) is 5. The van der Waals surface area contributed by atoms with E-state index in [9.17, 15) is 9.59 Å². The van der Waals surface area contributed by atoms with Gasteiger partial charge in [0.15, 0.2) is 0 Å². The van der Waals surface area contributed by atoms with Crippen molar-refractivity contribution in [3.8, 4) is 10.4 Å². The average molecular weight is 396 g/mol. The first kappa shape index (κ1) is 17.6. The van der Waals surface area contributed by atoms with Crippen molar-refractivity contribution in [1.29, 1.82) is 0 Å². The van der Waals surface area contributed by atoms with Crippen LogP contribution in [0.3, 0.4) is 0 Å². The molecule has 0 unspecified atom stereocenters. The Morgan fingerprint density at radius 2 is 2.04 bits per heavy atom. The number of fused-ring (bicyclic) bond motifs is 1. The number of hydrogen-bond donors (Lipinski definition) is 1. The fourth-order valence-corrected chi connectivity index (χ4v) is 4.65. The molecule has 1 N–H and O–H groups in total. The van der Waals surface area contributed by atoms with E-state index in [-0.39, 0.29) is 18.0 Å². The van der Waals surface area contributed by atoms with Crippen molar-refractivity contribution in [2.45, 2.75) is 20.4 Å². The molecule has 27 heavy (non-hydrogen) atoms. The second-order valence-corrected chi connectivity index (χ2v) is 8.09. The van der Waals surface area contributed by atoms with Crippen molar-refractivity contribution >= 4 is 44.5 Å². The first-order valence-electron chi connectivity index (χ1n) is 8.41. The van der Waals surface area contributed by atoms with E-state index in [1.165, 1.54) is 22.2 Å². The van der Waals surface area contributed by atoms with Crippen LogP contribution < -0.4 is 10.9 Å². The van der Waals surface area contributed by atoms with E-state index in [1.807, 2.05) is 54.9 Å². The summed E-state index contributed by atoms with van der Waals surface area (Å²) in [6.45, 7) is 3.88. The van der Waals surface area contributed by atoms with E-state index in [0.717, 1.165) is 27.3 Å². The molecule has 7 heteroatoms. The Balaban J connectivity index is 1.65. The second kappa shape index (κ2) is 7.09. The van der Waals surface area contributed by atoms with Gasteiger partial charge in [-0.1, -0.05) is 18.2 Å². The topological polar surface area (TPSA) is 64.0 Å². The van der Waals surface area contributed by atoms with Gasteiger partial charge >= 0.3 is 0 Å². The molecule has 0 aliphatic carbocycles. The number of rotatable bonds is 4. The molecule has 0 saturated carbocycles. The minimum Gasteiger partial charge on any atom is -0.324 e. The van der Waals surface area contributed by atoms with Crippen molar-refractivity contribution in [1.82, 2.24) is 9.55 Å². The maximum atomic E-state index is 13.0. The lowest BCUT2D eigenvalue weighted by Gasteiger charge is -2.11. The fourth-order valence-electron chi connectivity index (χ4n) is 2.92. The predicted octanol–water partition coefficient (Wildman–Crippen LogP) is 4.44. The van der Waals surface area contributed by atoms with Crippen LogP contribution in [0.1, 0.15) is 11.1 Å². The van der Waals surface area contributed by atoms with E-state index in [4.69, 9.17) is 0 Å². The summed E-state index contributed by atoms with van der Waals surface area (Å²) in [6.07, 6.45) is 1.45. The lowest BCUT2D eigenvalue weighted by molar-refractivity contribution is -0.116. The largest absolute Gasteiger partial charge is 0.324 e. The van der Waals surface area contributed by atoms with Gasteiger partial charge in [0.05, 0.1) is 11.7 Å². The molecule has 3 aromatic heterocycles. The summed E-state index contributed by atoms with van der Waals surface area (Å²) in [6, 6.07) is 9.69. The van der Waals surface area contributed by atoms with Crippen molar-refractivity contribution in [2.24, 2.45) is 0 Å². The number of nitrogens with one attached hydrogen (secondary N) is 1. The summed E-state index contributed by atoms with van der Waals surface area (Å²) in [5.41, 5.74) is 3.57. The zero-order chi connectivity index (χ0) is 19.0. The Bertz CT molecular complexity index is 1190. The van der Waals surface area contributed by atoms with E-state index in [1.54, 1.807) is 11.3 Å². The number of benzene rings is 1. The predicted molar refractivity (Wildman–Crippen MR) is 112 cm³/mol. The Morgan fingerprint density at radius 3 is 2.81 bits per heavy atom. The smallest absolute Gasteiger partial charge is 0.263 e. The highest BCUT2D eigenvalue weighted by molar-refractivity contribution is 7.18. The second-order valence-electron chi connectivity index (χ2n) is 6.28. The molecule has 0 atom stereocenters. The van der Waals surface area contributed by atoms with Gasteiger partial charge in [-0.15, -0.1) is 22.7 Å². The molecular weight excluding hydrogens is 378 g/mol. The number of thiophene rings is 2. The summed E-state index contributed by atoms with van der Waals surface area (Å²) < 4.78 is 1.37. The molecule has 3 heterocycles. The highest BCUT2D eigenvalue weighted by Crippen LogP contribution is 2.33. The molecule has 4 rings (SSSR count). The summed E-state index contributed by atoms with van der Waals surface area (Å²) in [4.78, 5) is 31.5. The van der Waals surface area contributed by atoms with Crippen molar-refractivity contribution in [2.75, 3.05) is 5.32 Å². The van der Waals surface area contributed by atoms with Gasteiger partial charge in [-0.3, -0.25) is 14.2 Å². The zero-order valence-electron chi connectivity index (χ0n) is 14.9. The normalized spacial score (nSPS) is 11.0. The molecule has 0 spiro atoms. The maximum Gasteiger partial charge on any atom is 0.263 e. The average Bonchev–Trinajstić information content (AvgIpc) is 3.30. The fraction of sp³-hybridized carbons (Fsp3) is 0.150. The van der Waals surface area contributed by atoms with Gasteiger partial charge in [-0.2, -0.15) is 0 Å². The summed E-state index contributed by atoms with van der Waals surface area (Å²) >= 11 is 3.02. The molecular formula is C20H17N3O2S2. The molecule has 0 aliphatic heterocycles. The third-order valence-corrected chi connectivity index (χ3v) is 6.33. The van der Waals surface area contributed by atoms with Gasteiger partial charge in [0.25, 0.3) is 5.56 Å². The number of aryl methyl sites for hydroxylation is 1. The van der Waals surface area contributed by atoms with Crippen LogP contribution in [0, 0.1) is 13.8 Å². The first-order valence-corrected chi connectivity index (χ1v) is 10.2. The van der Waals surface area contributed by atoms with Gasteiger partial charge in [-0.05, 0) is 42.5 Å². The summed E-state index contributed by atoms with van der Waals surface area (Å²) in [7, 11) is 0. The quantitative estimate of drug-likeness (QED) is 0.555. The number of aromatic nitrogens is 2. The number of anilines is 1. The minimum absolute atomic E-state index is 0.0745.